The molecule has 1 N–H and O–H groups in total. The van der Waals surface area contributed by atoms with Crippen molar-refractivity contribution in [2.45, 2.75) is 19.6 Å². The lowest BCUT2D eigenvalue weighted by Gasteiger charge is -2.32. The Morgan fingerprint density at radius 1 is 1.43 bits per heavy atom. The highest BCUT2D eigenvalue weighted by molar-refractivity contribution is 7.13. The molecule has 0 aromatic carbocycles. The van der Waals surface area contributed by atoms with E-state index >= 15 is 0 Å². The third-order valence-corrected chi connectivity index (χ3v) is 4.20. The predicted molar refractivity (Wildman–Crippen MR) is 86.6 cm³/mol. The molecule has 23 heavy (non-hydrogen) atoms. The van der Waals surface area contributed by atoms with Crippen LogP contribution in [0.5, 0.6) is 5.19 Å². The summed E-state index contributed by atoms with van der Waals surface area (Å²) in [7, 11) is 0. The fourth-order valence-corrected chi connectivity index (χ4v) is 3.13. The molecule has 1 fully saturated rings. The van der Waals surface area contributed by atoms with Gasteiger partial charge in [0.2, 0.25) is 0 Å². The second kappa shape index (κ2) is 8.14. The van der Waals surface area contributed by atoms with Crippen LogP contribution in [0.4, 0.5) is 5.82 Å². The SMILES string of the molecule is CCOc1nnc(CN2CCOC(CNc3cccnn3)C2)s1. The van der Waals surface area contributed by atoms with Crippen molar-refractivity contribution in [1.29, 1.82) is 0 Å². The van der Waals surface area contributed by atoms with Crippen molar-refractivity contribution < 1.29 is 9.47 Å². The molecule has 0 bridgehead atoms. The van der Waals surface area contributed by atoms with Crippen LogP contribution < -0.4 is 10.1 Å². The number of hydrogen-bond acceptors (Lipinski definition) is 9. The van der Waals surface area contributed by atoms with Crippen LogP contribution in [-0.4, -0.2) is 64.2 Å². The summed E-state index contributed by atoms with van der Waals surface area (Å²) >= 11 is 1.50. The highest BCUT2D eigenvalue weighted by Gasteiger charge is 2.21. The highest BCUT2D eigenvalue weighted by Crippen LogP contribution is 2.20. The minimum absolute atomic E-state index is 0.116. The first-order valence-electron chi connectivity index (χ1n) is 7.64. The van der Waals surface area contributed by atoms with Crippen molar-refractivity contribution in [1.82, 2.24) is 25.3 Å². The van der Waals surface area contributed by atoms with E-state index in [9.17, 15) is 0 Å². The van der Waals surface area contributed by atoms with Crippen molar-refractivity contribution in [2.75, 3.05) is 38.2 Å². The van der Waals surface area contributed by atoms with Crippen molar-refractivity contribution in [2.24, 2.45) is 0 Å². The maximum absolute atomic E-state index is 5.80. The molecular weight excluding hydrogens is 316 g/mol. The zero-order valence-corrected chi connectivity index (χ0v) is 13.8. The van der Waals surface area contributed by atoms with E-state index in [1.54, 1.807) is 6.20 Å². The molecule has 0 aliphatic carbocycles. The Kier molecular flexibility index (Phi) is 5.67. The van der Waals surface area contributed by atoms with Gasteiger partial charge in [-0.15, -0.1) is 15.3 Å². The molecule has 1 aliphatic rings. The molecule has 0 amide bonds. The topological polar surface area (TPSA) is 85.3 Å². The zero-order chi connectivity index (χ0) is 15.9. The number of anilines is 1. The van der Waals surface area contributed by atoms with E-state index in [0.29, 0.717) is 25.0 Å². The van der Waals surface area contributed by atoms with Crippen LogP contribution in [-0.2, 0) is 11.3 Å². The Morgan fingerprint density at radius 2 is 2.39 bits per heavy atom. The summed E-state index contributed by atoms with van der Waals surface area (Å²) in [6.45, 7) is 6.48. The largest absolute Gasteiger partial charge is 0.469 e. The molecule has 124 valence electrons. The lowest BCUT2D eigenvalue weighted by Crippen LogP contribution is -2.44. The van der Waals surface area contributed by atoms with Gasteiger partial charge in [-0.3, -0.25) is 4.90 Å². The van der Waals surface area contributed by atoms with Gasteiger partial charge in [-0.05, 0) is 19.1 Å². The third kappa shape index (κ3) is 4.81. The van der Waals surface area contributed by atoms with Crippen LogP contribution in [0.3, 0.4) is 0 Å². The molecule has 0 radical (unpaired) electrons. The molecule has 0 saturated carbocycles. The number of rotatable bonds is 7. The fraction of sp³-hybridized carbons (Fsp3) is 0.571. The van der Waals surface area contributed by atoms with Crippen molar-refractivity contribution in [3.8, 4) is 5.19 Å². The summed E-state index contributed by atoms with van der Waals surface area (Å²) in [6.07, 6.45) is 1.77. The van der Waals surface area contributed by atoms with Crippen LogP contribution in [0.25, 0.3) is 0 Å². The van der Waals surface area contributed by atoms with Crippen molar-refractivity contribution in [3.63, 3.8) is 0 Å². The molecule has 2 aromatic heterocycles. The average molecular weight is 336 g/mol. The minimum atomic E-state index is 0.116. The van der Waals surface area contributed by atoms with E-state index in [0.717, 1.165) is 30.5 Å². The minimum Gasteiger partial charge on any atom is -0.469 e. The maximum Gasteiger partial charge on any atom is 0.294 e. The van der Waals surface area contributed by atoms with E-state index in [-0.39, 0.29) is 6.10 Å². The fourth-order valence-electron chi connectivity index (χ4n) is 2.34. The number of ether oxygens (including phenoxy) is 2. The third-order valence-electron chi connectivity index (χ3n) is 3.38. The van der Waals surface area contributed by atoms with Gasteiger partial charge in [0.1, 0.15) is 10.8 Å². The monoisotopic (exact) mass is 336 g/mol. The highest BCUT2D eigenvalue weighted by atomic mass is 32.1. The van der Waals surface area contributed by atoms with E-state index in [2.05, 4.69) is 30.6 Å². The predicted octanol–water partition coefficient (Wildman–Crippen LogP) is 1.04. The van der Waals surface area contributed by atoms with Crippen molar-refractivity contribution in [3.05, 3.63) is 23.3 Å². The molecule has 1 unspecified atom stereocenters. The summed E-state index contributed by atoms with van der Waals surface area (Å²) in [6, 6.07) is 3.75. The summed E-state index contributed by atoms with van der Waals surface area (Å²) in [5.74, 6) is 0.763. The van der Waals surface area contributed by atoms with Gasteiger partial charge in [0.15, 0.2) is 0 Å². The van der Waals surface area contributed by atoms with Gasteiger partial charge in [0.25, 0.3) is 5.19 Å². The van der Waals surface area contributed by atoms with Crippen LogP contribution in [0.2, 0.25) is 0 Å². The van der Waals surface area contributed by atoms with Gasteiger partial charge < -0.3 is 14.8 Å². The van der Waals surface area contributed by atoms with Crippen LogP contribution >= 0.6 is 11.3 Å². The van der Waals surface area contributed by atoms with Gasteiger partial charge in [0.05, 0.1) is 25.9 Å². The second-order valence-electron chi connectivity index (χ2n) is 5.11. The summed E-state index contributed by atoms with van der Waals surface area (Å²) in [5, 5.41) is 20.9. The number of nitrogens with zero attached hydrogens (tertiary/aromatic N) is 5. The molecule has 8 nitrogen and oxygen atoms in total. The molecule has 1 aliphatic heterocycles. The average Bonchev–Trinajstić information content (AvgIpc) is 3.02. The smallest absolute Gasteiger partial charge is 0.294 e. The molecular formula is C14H20N6O2S. The van der Waals surface area contributed by atoms with Gasteiger partial charge in [-0.1, -0.05) is 11.3 Å². The van der Waals surface area contributed by atoms with Crippen molar-refractivity contribution >= 4 is 17.2 Å². The van der Waals surface area contributed by atoms with E-state index in [1.165, 1.54) is 11.3 Å². The van der Waals surface area contributed by atoms with Crippen LogP contribution in [0, 0.1) is 0 Å². The molecule has 3 rings (SSSR count). The Hall–Kier alpha value is -1.84. The molecule has 1 atom stereocenters. The normalized spacial score (nSPS) is 18.7. The maximum atomic E-state index is 5.80. The Labute approximate surface area is 138 Å². The van der Waals surface area contributed by atoms with Gasteiger partial charge in [0, 0.05) is 25.8 Å². The quantitative estimate of drug-likeness (QED) is 0.803. The first-order valence-corrected chi connectivity index (χ1v) is 8.46. The van der Waals surface area contributed by atoms with Crippen LogP contribution in [0.15, 0.2) is 18.3 Å². The molecule has 1 saturated heterocycles. The first-order chi connectivity index (χ1) is 11.3. The number of morpholine rings is 1. The standard InChI is InChI=1S/C14H20N6O2S/c1-2-21-14-19-18-13(23-14)10-20-6-7-22-11(9-20)8-15-12-4-3-5-16-17-12/h3-5,11H,2,6-10H2,1H3,(H,15,17). The molecule has 2 aromatic rings. The Balaban J connectivity index is 1.47. The summed E-state index contributed by atoms with van der Waals surface area (Å²) in [4.78, 5) is 2.32. The van der Waals surface area contributed by atoms with E-state index < -0.39 is 0 Å². The molecule has 9 heteroatoms. The first kappa shape index (κ1) is 16.0. The number of nitrogens with one attached hydrogen (secondary N) is 1. The molecule has 3 heterocycles. The van der Waals surface area contributed by atoms with E-state index in [4.69, 9.17) is 9.47 Å². The van der Waals surface area contributed by atoms with Crippen LogP contribution in [0.1, 0.15) is 11.9 Å². The lowest BCUT2D eigenvalue weighted by atomic mass is 10.2. The zero-order valence-electron chi connectivity index (χ0n) is 13.0. The number of aromatic nitrogens is 4. The lowest BCUT2D eigenvalue weighted by molar-refractivity contribution is -0.0241. The van der Waals surface area contributed by atoms with Gasteiger partial charge in [-0.25, -0.2) is 0 Å². The van der Waals surface area contributed by atoms with Gasteiger partial charge in [-0.2, -0.15) is 5.10 Å². The molecule has 0 spiro atoms. The van der Waals surface area contributed by atoms with Gasteiger partial charge >= 0.3 is 0 Å². The second-order valence-corrected chi connectivity index (χ2v) is 6.14. The Morgan fingerprint density at radius 3 is 3.22 bits per heavy atom. The van der Waals surface area contributed by atoms with E-state index in [1.807, 2.05) is 19.1 Å². The number of hydrogen-bond donors (Lipinski definition) is 1. The Bertz CT molecular complexity index is 596. The summed E-state index contributed by atoms with van der Waals surface area (Å²) in [5.41, 5.74) is 0. The summed E-state index contributed by atoms with van der Waals surface area (Å²) < 4.78 is 11.2.